The maximum absolute atomic E-state index is 9.92. The Bertz CT molecular complexity index is 166. The van der Waals surface area contributed by atoms with Crippen LogP contribution in [0.5, 0.6) is 0 Å². The Kier molecular flexibility index (Phi) is 6.69. The molecule has 15 heavy (non-hydrogen) atoms. The summed E-state index contributed by atoms with van der Waals surface area (Å²) in [6, 6.07) is 0.344. The van der Waals surface area contributed by atoms with E-state index in [-0.39, 0.29) is 6.10 Å². The molecule has 1 rings (SSSR count). The summed E-state index contributed by atoms with van der Waals surface area (Å²) in [7, 11) is 0. The summed E-state index contributed by atoms with van der Waals surface area (Å²) >= 11 is 1.90. The number of nitrogens with one attached hydrogen (secondary N) is 1. The zero-order valence-electron chi connectivity index (χ0n) is 10.0. The molecule has 1 fully saturated rings. The predicted molar refractivity (Wildman–Crippen MR) is 68.4 cm³/mol. The highest BCUT2D eigenvalue weighted by Crippen LogP contribution is 2.18. The molecule has 0 spiro atoms. The number of hydrogen-bond acceptors (Lipinski definition) is 3. The number of thioether (sulfide) groups is 1. The fraction of sp³-hybridized carbons (Fsp3) is 1.00. The minimum absolute atomic E-state index is 0.117. The summed E-state index contributed by atoms with van der Waals surface area (Å²) in [5.41, 5.74) is 0. The van der Waals surface area contributed by atoms with Crippen molar-refractivity contribution in [1.29, 1.82) is 0 Å². The highest BCUT2D eigenvalue weighted by Gasteiger charge is 2.21. The Hall–Kier alpha value is 0.270. The van der Waals surface area contributed by atoms with Gasteiger partial charge in [-0.1, -0.05) is 26.2 Å². The van der Waals surface area contributed by atoms with Crippen molar-refractivity contribution < 1.29 is 5.11 Å². The molecule has 1 aliphatic rings. The zero-order chi connectivity index (χ0) is 11.1. The third kappa shape index (κ3) is 5.23. The summed E-state index contributed by atoms with van der Waals surface area (Å²) in [4.78, 5) is 0. The molecule has 0 amide bonds. The van der Waals surface area contributed by atoms with Crippen LogP contribution in [0.3, 0.4) is 0 Å². The van der Waals surface area contributed by atoms with Gasteiger partial charge >= 0.3 is 0 Å². The van der Waals surface area contributed by atoms with Crippen molar-refractivity contribution in [3.05, 3.63) is 0 Å². The minimum atomic E-state index is -0.117. The fourth-order valence-electron chi connectivity index (χ4n) is 2.22. The first-order chi connectivity index (χ1) is 7.24. The highest BCUT2D eigenvalue weighted by atomic mass is 32.2. The van der Waals surface area contributed by atoms with Gasteiger partial charge in [-0.3, -0.25) is 0 Å². The molecule has 3 heteroatoms. The van der Waals surface area contributed by atoms with E-state index in [0.29, 0.717) is 12.0 Å². The molecule has 0 aromatic heterocycles. The zero-order valence-corrected chi connectivity index (χ0v) is 10.9. The molecule has 0 aliphatic heterocycles. The lowest BCUT2D eigenvalue weighted by Crippen LogP contribution is -2.41. The maximum atomic E-state index is 9.92. The van der Waals surface area contributed by atoms with Crippen molar-refractivity contribution in [1.82, 2.24) is 5.32 Å². The second-order valence-electron chi connectivity index (χ2n) is 4.78. The van der Waals surface area contributed by atoms with E-state index in [1.54, 1.807) is 0 Å². The standard InChI is InChI=1S/C12H25NOS/c1-10(9-15-2)8-13-11-6-4-3-5-7-12(11)14/h10-14H,3-9H2,1-2H3. The summed E-state index contributed by atoms with van der Waals surface area (Å²) < 4.78 is 0. The largest absolute Gasteiger partial charge is 0.392 e. The first-order valence-electron chi connectivity index (χ1n) is 6.14. The first kappa shape index (κ1) is 13.3. The molecular weight excluding hydrogens is 206 g/mol. The molecule has 3 atom stereocenters. The van der Waals surface area contributed by atoms with Crippen LogP contribution in [0.1, 0.15) is 39.0 Å². The molecule has 0 saturated heterocycles. The van der Waals surface area contributed by atoms with Gasteiger partial charge in [0.15, 0.2) is 0 Å². The summed E-state index contributed by atoms with van der Waals surface area (Å²) in [6.07, 6.45) is 7.91. The average molecular weight is 231 g/mol. The molecule has 0 aromatic rings. The lowest BCUT2D eigenvalue weighted by Gasteiger charge is -2.23. The Morgan fingerprint density at radius 3 is 2.80 bits per heavy atom. The molecule has 0 radical (unpaired) electrons. The lowest BCUT2D eigenvalue weighted by atomic mass is 10.1. The minimum Gasteiger partial charge on any atom is -0.392 e. The molecule has 1 aliphatic carbocycles. The van der Waals surface area contributed by atoms with Gasteiger partial charge in [-0.15, -0.1) is 0 Å². The first-order valence-corrected chi connectivity index (χ1v) is 7.53. The Morgan fingerprint density at radius 2 is 2.07 bits per heavy atom. The normalized spacial score (nSPS) is 29.8. The van der Waals surface area contributed by atoms with E-state index in [0.717, 1.165) is 19.4 Å². The van der Waals surface area contributed by atoms with Gasteiger partial charge in [0.05, 0.1) is 6.10 Å². The number of aliphatic hydroxyl groups is 1. The summed E-state index contributed by atoms with van der Waals surface area (Å²) in [5, 5.41) is 13.5. The molecule has 90 valence electrons. The Balaban J connectivity index is 2.22. The third-order valence-corrected chi connectivity index (χ3v) is 4.06. The molecule has 0 bridgehead atoms. The number of hydrogen-bond donors (Lipinski definition) is 2. The molecular formula is C12H25NOS. The smallest absolute Gasteiger partial charge is 0.0693 e. The van der Waals surface area contributed by atoms with E-state index in [9.17, 15) is 5.11 Å². The van der Waals surface area contributed by atoms with Gasteiger partial charge in [0.1, 0.15) is 0 Å². The quantitative estimate of drug-likeness (QED) is 0.712. The van der Waals surface area contributed by atoms with Gasteiger partial charge in [0, 0.05) is 6.04 Å². The van der Waals surface area contributed by atoms with Gasteiger partial charge in [0.25, 0.3) is 0 Å². The molecule has 3 unspecified atom stereocenters. The van der Waals surface area contributed by atoms with Crippen molar-refractivity contribution in [2.24, 2.45) is 5.92 Å². The van der Waals surface area contributed by atoms with E-state index < -0.39 is 0 Å². The Morgan fingerprint density at radius 1 is 1.33 bits per heavy atom. The van der Waals surface area contributed by atoms with Gasteiger partial charge in [0.2, 0.25) is 0 Å². The summed E-state index contributed by atoms with van der Waals surface area (Å²) in [5.74, 6) is 1.91. The van der Waals surface area contributed by atoms with Gasteiger partial charge in [-0.2, -0.15) is 11.8 Å². The molecule has 0 heterocycles. The van der Waals surface area contributed by atoms with Crippen LogP contribution in [0.25, 0.3) is 0 Å². The third-order valence-electron chi connectivity index (χ3n) is 3.16. The van der Waals surface area contributed by atoms with E-state index in [1.165, 1.54) is 25.0 Å². The van der Waals surface area contributed by atoms with Gasteiger partial charge in [-0.05, 0) is 37.3 Å². The number of rotatable bonds is 5. The van der Waals surface area contributed by atoms with Crippen LogP contribution in [0.15, 0.2) is 0 Å². The fourth-order valence-corrected chi connectivity index (χ4v) is 2.91. The van der Waals surface area contributed by atoms with Crippen molar-refractivity contribution in [3.8, 4) is 0 Å². The van der Waals surface area contributed by atoms with Crippen LogP contribution in [-0.2, 0) is 0 Å². The van der Waals surface area contributed by atoms with E-state index in [2.05, 4.69) is 18.5 Å². The average Bonchev–Trinajstić information content (AvgIpc) is 2.41. The summed E-state index contributed by atoms with van der Waals surface area (Å²) in [6.45, 7) is 3.31. The topological polar surface area (TPSA) is 32.3 Å². The molecule has 1 saturated carbocycles. The van der Waals surface area contributed by atoms with E-state index in [4.69, 9.17) is 0 Å². The predicted octanol–water partition coefficient (Wildman–Crippen LogP) is 2.27. The Labute approximate surface area is 98.2 Å². The molecule has 2 N–H and O–H groups in total. The second kappa shape index (κ2) is 7.53. The maximum Gasteiger partial charge on any atom is 0.0693 e. The van der Waals surface area contributed by atoms with E-state index >= 15 is 0 Å². The lowest BCUT2D eigenvalue weighted by molar-refractivity contribution is 0.118. The monoisotopic (exact) mass is 231 g/mol. The van der Waals surface area contributed by atoms with Crippen LogP contribution < -0.4 is 5.32 Å². The number of aliphatic hydroxyl groups excluding tert-OH is 1. The van der Waals surface area contributed by atoms with Crippen LogP contribution in [0.2, 0.25) is 0 Å². The van der Waals surface area contributed by atoms with Gasteiger partial charge < -0.3 is 10.4 Å². The van der Waals surface area contributed by atoms with Crippen LogP contribution in [0.4, 0.5) is 0 Å². The van der Waals surface area contributed by atoms with E-state index in [1.807, 2.05) is 11.8 Å². The van der Waals surface area contributed by atoms with Crippen molar-refractivity contribution >= 4 is 11.8 Å². The molecule has 0 aromatic carbocycles. The molecule has 2 nitrogen and oxygen atoms in total. The van der Waals surface area contributed by atoms with Crippen LogP contribution in [0, 0.1) is 5.92 Å². The SMILES string of the molecule is CSCC(C)CNC1CCCCCC1O. The van der Waals surface area contributed by atoms with Crippen molar-refractivity contribution in [2.45, 2.75) is 51.2 Å². The van der Waals surface area contributed by atoms with Gasteiger partial charge in [-0.25, -0.2) is 0 Å². The van der Waals surface area contributed by atoms with Crippen LogP contribution >= 0.6 is 11.8 Å². The van der Waals surface area contributed by atoms with Crippen LogP contribution in [-0.4, -0.2) is 35.8 Å². The van der Waals surface area contributed by atoms with Crippen molar-refractivity contribution in [3.63, 3.8) is 0 Å². The highest BCUT2D eigenvalue weighted by molar-refractivity contribution is 7.98. The second-order valence-corrected chi connectivity index (χ2v) is 5.69. The van der Waals surface area contributed by atoms with Crippen molar-refractivity contribution in [2.75, 3.05) is 18.6 Å².